The Labute approximate surface area is 204 Å². The zero-order valence-electron chi connectivity index (χ0n) is 18.0. The zero-order valence-corrected chi connectivity index (χ0v) is 18.8. The number of carbonyl (C=O) groups is 1. The minimum absolute atomic E-state index is 0.141. The van der Waals surface area contributed by atoms with Crippen LogP contribution in [0.1, 0.15) is 22.5 Å². The predicted molar refractivity (Wildman–Crippen MR) is 116 cm³/mol. The van der Waals surface area contributed by atoms with E-state index in [1.807, 2.05) is 0 Å². The normalized spacial score (nSPS) is 14.0. The molecule has 1 aliphatic heterocycles. The average molecular weight is 525 g/mol. The van der Waals surface area contributed by atoms with Crippen LogP contribution in [0.3, 0.4) is 0 Å². The minimum atomic E-state index is -5.02. The Balaban J connectivity index is 1.77. The van der Waals surface area contributed by atoms with Crippen LogP contribution in [0.2, 0.25) is 5.02 Å². The second-order valence-electron chi connectivity index (χ2n) is 7.72. The van der Waals surface area contributed by atoms with Gasteiger partial charge in [-0.15, -0.1) is 0 Å². The number of alkyl halides is 3. The Hall–Kier alpha value is -3.77. The monoisotopic (exact) mass is 524 g/mol. The van der Waals surface area contributed by atoms with Crippen molar-refractivity contribution in [1.82, 2.24) is 20.0 Å². The lowest BCUT2D eigenvalue weighted by Crippen LogP contribution is -2.27. The summed E-state index contributed by atoms with van der Waals surface area (Å²) in [6.07, 6.45) is -3.73. The Morgan fingerprint density at radius 1 is 1.11 bits per heavy atom. The molecule has 0 aliphatic carbocycles. The number of rotatable bonds is 4. The van der Waals surface area contributed by atoms with E-state index >= 15 is 0 Å². The first kappa shape index (κ1) is 23.9. The van der Waals surface area contributed by atoms with Gasteiger partial charge in [-0.25, -0.2) is 18.5 Å². The zero-order chi connectivity index (χ0) is 25.6. The lowest BCUT2D eigenvalue weighted by Gasteiger charge is -2.15. The van der Waals surface area contributed by atoms with E-state index in [4.69, 9.17) is 21.0 Å². The van der Waals surface area contributed by atoms with Crippen LogP contribution >= 0.6 is 11.6 Å². The molecule has 0 unspecified atom stereocenters. The molecule has 0 spiro atoms. The molecular formula is C23H14ClF5N4O3. The number of benzene rings is 2. The average Bonchev–Trinajstić information content (AvgIpc) is 3.57. The summed E-state index contributed by atoms with van der Waals surface area (Å²) in [6, 6.07) is 8.08. The van der Waals surface area contributed by atoms with Gasteiger partial charge in [0.15, 0.2) is 11.5 Å². The van der Waals surface area contributed by atoms with Crippen LogP contribution in [0.15, 0.2) is 53.2 Å². The molecule has 0 atom stereocenters. The summed E-state index contributed by atoms with van der Waals surface area (Å²) in [7, 11) is 0. The molecule has 186 valence electrons. The molecule has 0 saturated carbocycles. The van der Waals surface area contributed by atoms with Crippen LogP contribution in [0.4, 0.5) is 22.0 Å². The highest BCUT2D eigenvalue weighted by Crippen LogP contribution is 2.43. The topological polar surface area (TPSA) is 73.4 Å². The van der Waals surface area contributed by atoms with Crippen molar-refractivity contribution in [2.45, 2.75) is 12.6 Å². The lowest BCUT2D eigenvalue weighted by molar-refractivity contribution is -0.142. The molecule has 7 nitrogen and oxygen atoms in total. The Morgan fingerprint density at radius 3 is 2.56 bits per heavy atom. The molecule has 4 aromatic rings. The lowest BCUT2D eigenvalue weighted by atomic mass is 10.0. The third kappa shape index (κ3) is 4.11. The smallest absolute Gasteiger partial charge is 0.355 e. The molecule has 1 fully saturated rings. The molecule has 2 aromatic carbocycles. The highest BCUT2D eigenvalue weighted by molar-refractivity contribution is 6.33. The van der Waals surface area contributed by atoms with Gasteiger partial charge >= 0.3 is 6.18 Å². The fraction of sp³-hybridized carbons (Fsp3) is 0.174. The standard InChI is InChI=1S/C23H14ClF5N4O3/c24-15-6-2-7-16(26)17(15)19-18(22(34)32-8-3-9-35-32)20(36-31-19)14-11-30-33(21(14)23(27,28)29)13-5-1-4-12(25)10-13/h1-2,4-7,10-11H,3,8-9H2. The van der Waals surface area contributed by atoms with E-state index in [1.54, 1.807) is 0 Å². The fourth-order valence-electron chi connectivity index (χ4n) is 3.89. The summed E-state index contributed by atoms with van der Waals surface area (Å²) in [6.45, 7) is 0.343. The van der Waals surface area contributed by atoms with Gasteiger partial charge in [0.1, 0.15) is 22.9 Å². The largest absolute Gasteiger partial charge is 0.434 e. The van der Waals surface area contributed by atoms with Crippen LogP contribution in [0.5, 0.6) is 0 Å². The van der Waals surface area contributed by atoms with Crippen LogP contribution in [-0.4, -0.2) is 39.1 Å². The number of nitrogens with zero attached hydrogens (tertiary/aromatic N) is 4. The van der Waals surface area contributed by atoms with E-state index < -0.39 is 52.0 Å². The quantitative estimate of drug-likeness (QED) is 0.310. The van der Waals surface area contributed by atoms with Crippen molar-refractivity contribution in [3.63, 3.8) is 0 Å². The van der Waals surface area contributed by atoms with Crippen molar-refractivity contribution in [2.75, 3.05) is 13.2 Å². The van der Waals surface area contributed by atoms with Gasteiger partial charge in [0.2, 0.25) is 0 Å². The molecule has 36 heavy (non-hydrogen) atoms. The van der Waals surface area contributed by atoms with Gasteiger partial charge in [0.05, 0.1) is 41.2 Å². The highest BCUT2D eigenvalue weighted by Gasteiger charge is 2.43. The van der Waals surface area contributed by atoms with Crippen molar-refractivity contribution in [1.29, 1.82) is 0 Å². The molecule has 2 aromatic heterocycles. The summed E-state index contributed by atoms with van der Waals surface area (Å²) < 4.78 is 77.1. The van der Waals surface area contributed by atoms with E-state index in [0.29, 0.717) is 11.1 Å². The van der Waals surface area contributed by atoms with E-state index in [0.717, 1.165) is 29.5 Å². The van der Waals surface area contributed by atoms with Crippen molar-refractivity contribution in [2.24, 2.45) is 0 Å². The molecule has 5 rings (SSSR count). The highest BCUT2D eigenvalue weighted by atomic mass is 35.5. The van der Waals surface area contributed by atoms with E-state index in [2.05, 4.69) is 10.3 Å². The fourth-order valence-corrected chi connectivity index (χ4v) is 4.14. The predicted octanol–water partition coefficient (Wildman–Crippen LogP) is 5.92. The van der Waals surface area contributed by atoms with Crippen LogP contribution in [0.25, 0.3) is 28.3 Å². The molecule has 0 bridgehead atoms. The summed E-state index contributed by atoms with van der Waals surface area (Å²) in [5.41, 5.74) is -3.47. The van der Waals surface area contributed by atoms with Gasteiger partial charge in [0.25, 0.3) is 5.91 Å². The maximum Gasteiger partial charge on any atom is 0.434 e. The minimum Gasteiger partial charge on any atom is -0.355 e. The third-order valence-corrected chi connectivity index (χ3v) is 5.73. The SMILES string of the molecule is O=C(c1c(-c2c(F)cccc2Cl)noc1-c1cnn(-c2cccc(F)c2)c1C(F)(F)F)N1CCCO1. The van der Waals surface area contributed by atoms with Gasteiger partial charge in [-0.1, -0.05) is 28.9 Å². The van der Waals surface area contributed by atoms with Gasteiger partial charge < -0.3 is 4.52 Å². The molecule has 1 aliphatic rings. The van der Waals surface area contributed by atoms with Gasteiger partial charge in [0, 0.05) is 0 Å². The van der Waals surface area contributed by atoms with Crippen LogP contribution in [-0.2, 0) is 11.0 Å². The first-order chi connectivity index (χ1) is 17.2. The summed E-state index contributed by atoms with van der Waals surface area (Å²) in [5.74, 6) is -3.18. The first-order valence-corrected chi connectivity index (χ1v) is 10.8. The van der Waals surface area contributed by atoms with Gasteiger partial charge in [-0.05, 0) is 36.8 Å². The maximum atomic E-state index is 14.7. The van der Waals surface area contributed by atoms with Crippen molar-refractivity contribution in [3.8, 4) is 28.3 Å². The second-order valence-corrected chi connectivity index (χ2v) is 8.13. The van der Waals surface area contributed by atoms with E-state index in [9.17, 15) is 26.7 Å². The molecule has 13 heteroatoms. The molecule has 1 amide bonds. The first-order valence-electron chi connectivity index (χ1n) is 10.5. The number of hydrogen-bond donors (Lipinski definition) is 0. The van der Waals surface area contributed by atoms with Crippen molar-refractivity contribution < 1.29 is 36.1 Å². The Bertz CT molecular complexity index is 1440. The maximum absolute atomic E-state index is 14.7. The van der Waals surface area contributed by atoms with E-state index in [1.165, 1.54) is 24.3 Å². The summed E-state index contributed by atoms with van der Waals surface area (Å²) in [4.78, 5) is 18.6. The molecule has 1 saturated heterocycles. The number of amides is 1. The third-order valence-electron chi connectivity index (χ3n) is 5.42. The number of halogens is 6. The van der Waals surface area contributed by atoms with Crippen molar-refractivity contribution in [3.05, 3.63) is 76.6 Å². The van der Waals surface area contributed by atoms with Crippen LogP contribution < -0.4 is 0 Å². The second kappa shape index (κ2) is 9.03. The molecular weight excluding hydrogens is 511 g/mol. The van der Waals surface area contributed by atoms with Gasteiger partial charge in [-0.2, -0.15) is 18.3 Å². The van der Waals surface area contributed by atoms with Gasteiger partial charge in [-0.3, -0.25) is 9.63 Å². The van der Waals surface area contributed by atoms with Crippen molar-refractivity contribution >= 4 is 17.5 Å². The van der Waals surface area contributed by atoms with E-state index in [-0.39, 0.29) is 29.4 Å². The number of hydrogen-bond acceptors (Lipinski definition) is 5. The van der Waals surface area contributed by atoms with Crippen LogP contribution in [0, 0.1) is 11.6 Å². The number of aromatic nitrogens is 3. The number of hydroxylamine groups is 2. The molecule has 0 N–H and O–H groups in total. The molecule has 3 heterocycles. The number of carbonyl (C=O) groups excluding carboxylic acids is 1. The molecule has 0 radical (unpaired) electrons. The summed E-state index contributed by atoms with van der Waals surface area (Å²) in [5, 5.41) is 8.29. The summed E-state index contributed by atoms with van der Waals surface area (Å²) >= 11 is 6.15. The Morgan fingerprint density at radius 2 is 1.89 bits per heavy atom. The Kier molecular flexibility index (Phi) is 6.00.